The second-order valence-corrected chi connectivity index (χ2v) is 6.46. The topological polar surface area (TPSA) is 70.7 Å². The first kappa shape index (κ1) is 17.1. The summed E-state index contributed by atoms with van der Waals surface area (Å²) in [5, 5.41) is 14.4. The highest BCUT2D eigenvalue weighted by atomic mass is 35.5. The number of aromatic carboxylic acids is 1. The van der Waals surface area contributed by atoms with E-state index in [0.29, 0.717) is 10.7 Å². The Hall–Kier alpha value is -3.38. The minimum Gasteiger partial charge on any atom is -0.478 e. The number of carboxylic acid groups (broad SMARTS) is 1. The zero-order valence-electron chi connectivity index (χ0n) is 14.4. The van der Waals surface area contributed by atoms with Crippen LogP contribution in [-0.2, 0) is 0 Å². The van der Waals surface area contributed by atoms with Crippen molar-refractivity contribution in [2.45, 2.75) is 0 Å². The fraction of sp³-hybridized carbons (Fsp3) is 0.0500. The molecule has 0 amide bonds. The number of halogens is 1. The van der Waals surface area contributed by atoms with Crippen LogP contribution in [0, 0.1) is 0 Å². The van der Waals surface area contributed by atoms with Crippen molar-refractivity contribution in [2.24, 2.45) is 0 Å². The van der Waals surface area contributed by atoms with E-state index in [1.165, 1.54) is 0 Å². The molecule has 0 aliphatic heterocycles. The summed E-state index contributed by atoms with van der Waals surface area (Å²) in [7, 11) is 1.91. The lowest BCUT2D eigenvalue weighted by atomic mass is 10.1. The maximum absolute atomic E-state index is 11.0. The smallest absolute Gasteiger partial charge is 0.335 e. The lowest BCUT2D eigenvalue weighted by Gasteiger charge is -2.18. The molecule has 134 valence electrons. The summed E-state index contributed by atoms with van der Waals surface area (Å²) in [6, 6.07) is 18.0. The Kier molecular flexibility index (Phi) is 4.25. The second-order valence-electron chi connectivity index (χ2n) is 6.03. The fourth-order valence-electron chi connectivity index (χ4n) is 2.84. The summed E-state index contributed by atoms with van der Waals surface area (Å²) in [5.74, 6) is -0.227. The molecule has 2 heterocycles. The number of fused-ring (bicyclic) bond motifs is 1. The molecule has 2 aromatic carbocycles. The van der Waals surface area contributed by atoms with Crippen LogP contribution in [0.25, 0.3) is 16.9 Å². The Balaban J connectivity index is 1.76. The maximum atomic E-state index is 11.0. The van der Waals surface area contributed by atoms with Gasteiger partial charge in [0.2, 0.25) is 0 Å². The van der Waals surface area contributed by atoms with Crippen LogP contribution in [0.4, 0.5) is 11.5 Å². The fourth-order valence-corrected chi connectivity index (χ4v) is 3.02. The van der Waals surface area contributed by atoms with E-state index in [2.05, 4.69) is 4.98 Å². The summed E-state index contributed by atoms with van der Waals surface area (Å²) in [6.45, 7) is 0. The number of imidazole rings is 1. The SMILES string of the molecule is CN(c1cccc(Cl)c1)c1ccc2ncc(-c3ccc(C(=O)O)cc3)n2n1. The quantitative estimate of drug-likeness (QED) is 0.565. The Morgan fingerprint density at radius 3 is 2.59 bits per heavy atom. The Morgan fingerprint density at radius 1 is 1.11 bits per heavy atom. The first-order valence-corrected chi connectivity index (χ1v) is 8.58. The van der Waals surface area contributed by atoms with Gasteiger partial charge in [-0.1, -0.05) is 29.8 Å². The molecule has 7 heteroatoms. The summed E-state index contributed by atoms with van der Waals surface area (Å²) in [6.07, 6.45) is 1.72. The van der Waals surface area contributed by atoms with Crippen LogP contribution in [0.15, 0.2) is 66.9 Å². The molecule has 0 aliphatic rings. The third-order valence-electron chi connectivity index (χ3n) is 4.31. The van der Waals surface area contributed by atoms with Crippen LogP contribution < -0.4 is 4.90 Å². The van der Waals surface area contributed by atoms with Crippen LogP contribution in [0.1, 0.15) is 10.4 Å². The molecule has 0 radical (unpaired) electrons. The lowest BCUT2D eigenvalue weighted by Crippen LogP contribution is -2.13. The molecular weight excluding hydrogens is 364 g/mol. The summed E-state index contributed by atoms with van der Waals surface area (Å²) < 4.78 is 1.74. The largest absolute Gasteiger partial charge is 0.478 e. The van der Waals surface area contributed by atoms with Gasteiger partial charge < -0.3 is 10.0 Å². The van der Waals surface area contributed by atoms with Gasteiger partial charge in [0.05, 0.1) is 17.5 Å². The number of anilines is 2. The predicted octanol–water partition coefficient (Wildman–Crippen LogP) is 4.52. The van der Waals surface area contributed by atoms with Crippen molar-refractivity contribution in [3.05, 3.63) is 77.4 Å². The molecule has 4 aromatic rings. The number of hydrogen-bond acceptors (Lipinski definition) is 4. The van der Waals surface area contributed by atoms with Crippen molar-refractivity contribution >= 4 is 34.7 Å². The molecule has 27 heavy (non-hydrogen) atoms. The van der Waals surface area contributed by atoms with Gasteiger partial charge in [0, 0.05) is 23.3 Å². The van der Waals surface area contributed by atoms with Crippen molar-refractivity contribution in [1.29, 1.82) is 0 Å². The molecule has 0 spiro atoms. The minimum atomic E-state index is -0.955. The lowest BCUT2D eigenvalue weighted by molar-refractivity contribution is 0.0697. The van der Waals surface area contributed by atoms with Crippen molar-refractivity contribution < 1.29 is 9.90 Å². The molecule has 0 aliphatic carbocycles. The standard InChI is InChI=1S/C20H15ClN4O2/c1-24(16-4-2-3-15(21)11-16)19-10-9-18-22-12-17(25(18)23-19)13-5-7-14(8-6-13)20(26)27/h2-12H,1H3,(H,26,27). The maximum Gasteiger partial charge on any atom is 0.335 e. The zero-order chi connectivity index (χ0) is 19.0. The van der Waals surface area contributed by atoms with Crippen LogP contribution in [0.5, 0.6) is 0 Å². The van der Waals surface area contributed by atoms with E-state index in [9.17, 15) is 4.79 Å². The number of rotatable bonds is 4. The average Bonchev–Trinajstić information content (AvgIpc) is 3.10. The van der Waals surface area contributed by atoms with Gasteiger partial charge in [-0.15, -0.1) is 5.10 Å². The van der Waals surface area contributed by atoms with E-state index in [1.807, 2.05) is 48.3 Å². The van der Waals surface area contributed by atoms with Crippen LogP contribution in [0.2, 0.25) is 5.02 Å². The van der Waals surface area contributed by atoms with E-state index in [0.717, 1.165) is 22.8 Å². The van der Waals surface area contributed by atoms with E-state index in [1.54, 1.807) is 35.0 Å². The van der Waals surface area contributed by atoms with Gasteiger partial charge in [0.25, 0.3) is 0 Å². The highest BCUT2D eigenvalue weighted by Crippen LogP contribution is 2.26. The Morgan fingerprint density at radius 2 is 1.89 bits per heavy atom. The van der Waals surface area contributed by atoms with Gasteiger partial charge in [-0.05, 0) is 42.5 Å². The molecule has 6 nitrogen and oxygen atoms in total. The molecule has 2 aromatic heterocycles. The van der Waals surface area contributed by atoms with E-state index >= 15 is 0 Å². The van der Waals surface area contributed by atoms with Crippen molar-refractivity contribution in [3.8, 4) is 11.3 Å². The Labute approximate surface area is 160 Å². The van der Waals surface area contributed by atoms with Gasteiger partial charge in [-0.25, -0.2) is 14.3 Å². The van der Waals surface area contributed by atoms with E-state index in [-0.39, 0.29) is 5.56 Å². The highest BCUT2D eigenvalue weighted by Gasteiger charge is 2.12. The molecule has 0 bridgehead atoms. The highest BCUT2D eigenvalue weighted by molar-refractivity contribution is 6.30. The number of nitrogens with zero attached hydrogens (tertiary/aromatic N) is 4. The molecule has 1 N–H and O–H groups in total. The van der Waals surface area contributed by atoms with Crippen LogP contribution >= 0.6 is 11.6 Å². The molecule has 0 saturated carbocycles. The zero-order valence-corrected chi connectivity index (χ0v) is 15.1. The molecule has 0 unspecified atom stereocenters. The molecule has 0 saturated heterocycles. The third kappa shape index (κ3) is 3.22. The second kappa shape index (κ2) is 6.74. The summed E-state index contributed by atoms with van der Waals surface area (Å²) in [4.78, 5) is 17.4. The van der Waals surface area contributed by atoms with Gasteiger partial charge in [0.1, 0.15) is 0 Å². The minimum absolute atomic E-state index is 0.238. The molecule has 4 rings (SSSR count). The Bertz CT molecular complexity index is 1140. The number of hydrogen-bond donors (Lipinski definition) is 1. The van der Waals surface area contributed by atoms with Gasteiger partial charge in [0.15, 0.2) is 11.5 Å². The van der Waals surface area contributed by atoms with Crippen molar-refractivity contribution in [1.82, 2.24) is 14.6 Å². The normalized spacial score (nSPS) is 10.9. The van der Waals surface area contributed by atoms with E-state index < -0.39 is 5.97 Å². The monoisotopic (exact) mass is 378 g/mol. The summed E-state index contributed by atoms with van der Waals surface area (Å²) >= 11 is 6.09. The number of aromatic nitrogens is 3. The third-order valence-corrected chi connectivity index (χ3v) is 4.55. The van der Waals surface area contributed by atoms with Crippen LogP contribution in [-0.4, -0.2) is 32.7 Å². The number of benzene rings is 2. The van der Waals surface area contributed by atoms with E-state index in [4.69, 9.17) is 21.8 Å². The van der Waals surface area contributed by atoms with Gasteiger partial charge in [-0.3, -0.25) is 0 Å². The van der Waals surface area contributed by atoms with Crippen LogP contribution in [0.3, 0.4) is 0 Å². The average molecular weight is 379 g/mol. The van der Waals surface area contributed by atoms with Crippen molar-refractivity contribution in [3.63, 3.8) is 0 Å². The molecular formula is C20H15ClN4O2. The first-order chi connectivity index (χ1) is 13.0. The summed E-state index contributed by atoms with van der Waals surface area (Å²) in [5.41, 5.74) is 3.48. The molecule has 0 atom stereocenters. The number of carboxylic acids is 1. The van der Waals surface area contributed by atoms with Gasteiger partial charge >= 0.3 is 5.97 Å². The predicted molar refractivity (Wildman–Crippen MR) is 105 cm³/mol. The number of carbonyl (C=O) groups is 1. The molecule has 0 fully saturated rings. The van der Waals surface area contributed by atoms with Gasteiger partial charge in [-0.2, -0.15) is 0 Å². The van der Waals surface area contributed by atoms with Crippen molar-refractivity contribution in [2.75, 3.05) is 11.9 Å². The first-order valence-electron chi connectivity index (χ1n) is 8.21.